The molecule has 0 bridgehead atoms. The monoisotopic (exact) mass is 217 g/mol. The Labute approximate surface area is 92.3 Å². The number of hydrogen-bond acceptors (Lipinski definition) is 4. The average Bonchev–Trinajstić information content (AvgIpc) is 2.29. The molecule has 1 fully saturated rings. The molecule has 0 spiro atoms. The Bertz CT molecular complexity index is 138. The zero-order valence-corrected chi connectivity index (χ0v) is 9.67. The Balaban J connectivity index is 1.79. The summed E-state index contributed by atoms with van der Waals surface area (Å²) in [4.78, 5) is 0. The lowest BCUT2D eigenvalue weighted by atomic mass is 10.1. The molecule has 90 valence electrons. The summed E-state index contributed by atoms with van der Waals surface area (Å²) in [5.74, 6) is 0. The molecule has 0 aliphatic carbocycles. The first kappa shape index (κ1) is 12.9. The van der Waals surface area contributed by atoms with Gasteiger partial charge in [-0.05, 0) is 25.8 Å². The number of piperidine rings is 1. The van der Waals surface area contributed by atoms with Gasteiger partial charge >= 0.3 is 0 Å². The Hall–Kier alpha value is -0.160. The third-order valence-corrected chi connectivity index (χ3v) is 2.47. The molecule has 4 heteroatoms. The summed E-state index contributed by atoms with van der Waals surface area (Å²) >= 11 is 0. The minimum atomic E-state index is 0.415. The van der Waals surface area contributed by atoms with E-state index in [0.29, 0.717) is 19.3 Å². The van der Waals surface area contributed by atoms with Gasteiger partial charge in [-0.2, -0.15) is 0 Å². The van der Waals surface area contributed by atoms with Crippen LogP contribution in [-0.2, 0) is 14.2 Å². The molecule has 1 unspecified atom stereocenters. The van der Waals surface area contributed by atoms with Crippen LogP contribution in [0.2, 0.25) is 0 Å². The zero-order valence-electron chi connectivity index (χ0n) is 9.67. The molecule has 1 rings (SSSR count). The summed E-state index contributed by atoms with van der Waals surface area (Å²) < 4.78 is 15.9. The quantitative estimate of drug-likeness (QED) is 0.611. The van der Waals surface area contributed by atoms with Crippen LogP contribution in [0.25, 0.3) is 0 Å². The van der Waals surface area contributed by atoms with E-state index >= 15 is 0 Å². The van der Waals surface area contributed by atoms with E-state index in [1.165, 1.54) is 12.8 Å². The molecule has 1 N–H and O–H groups in total. The summed E-state index contributed by atoms with van der Waals surface area (Å²) in [5.41, 5.74) is 0. The Morgan fingerprint density at radius 3 is 2.87 bits per heavy atom. The van der Waals surface area contributed by atoms with Gasteiger partial charge in [0.15, 0.2) is 0 Å². The third-order valence-electron chi connectivity index (χ3n) is 2.47. The Kier molecular flexibility index (Phi) is 7.83. The maximum atomic E-state index is 5.72. The second kappa shape index (κ2) is 9.09. The number of hydrogen-bond donors (Lipinski definition) is 1. The van der Waals surface area contributed by atoms with Gasteiger partial charge < -0.3 is 19.5 Å². The summed E-state index contributed by atoms with van der Waals surface area (Å²) in [6.45, 7) is 5.07. The first-order valence-corrected chi connectivity index (χ1v) is 5.82. The number of methoxy groups -OCH3 is 1. The average molecular weight is 217 g/mol. The standard InChI is InChI=1S/C11H23NO3/c1-13-8-9-14-6-3-7-15-11-4-2-5-12-10-11/h11-12H,2-10H2,1H3. The van der Waals surface area contributed by atoms with E-state index in [-0.39, 0.29) is 0 Å². The summed E-state index contributed by atoms with van der Waals surface area (Å²) in [6, 6.07) is 0. The van der Waals surface area contributed by atoms with Gasteiger partial charge in [-0.15, -0.1) is 0 Å². The van der Waals surface area contributed by atoms with Gasteiger partial charge in [0, 0.05) is 26.9 Å². The van der Waals surface area contributed by atoms with E-state index < -0.39 is 0 Å². The summed E-state index contributed by atoms with van der Waals surface area (Å²) in [7, 11) is 1.68. The normalized spacial score (nSPS) is 21.8. The van der Waals surface area contributed by atoms with Crippen LogP contribution in [0.5, 0.6) is 0 Å². The molecule has 0 aromatic rings. The molecule has 1 atom stereocenters. The molecule has 0 amide bonds. The van der Waals surface area contributed by atoms with Crippen molar-refractivity contribution in [3.63, 3.8) is 0 Å². The van der Waals surface area contributed by atoms with Crippen molar-refractivity contribution in [1.82, 2.24) is 5.32 Å². The van der Waals surface area contributed by atoms with Gasteiger partial charge in [0.25, 0.3) is 0 Å². The molecular weight excluding hydrogens is 194 g/mol. The number of nitrogens with one attached hydrogen (secondary N) is 1. The van der Waals surface area contributed by atoms with Crippen LogP contribution >= 0.6 is 0 Å². The molecule has 4 nitrogen and oxygen atoms in total. The largest absolute Gasteiger partial charge is 0.382 e. The van der Waals surface area contributed by atoms with Gasteiger partial charge in [0.2, 0.25) is 0 Å². The van der Waals surface area contributed by atoms with Gasteiger partial charge in [0.1, 0.15) is 0 Å². The molecule has 1 aliphatic rings. The minimum absolute atomic E-state index is 0.415. The maximum Gasteiger partial charge on any atom is 0.0700 e. The molecular formula is C11H23NO3. The van der Waals surface area contributed by atoms with Crippen LogP contribution in [-0.4, -0.2) is 52.7 Å². The van der Waals surface area contributed by atoms with Crippen LogP contribution in [0.3, 0.4) is 0 Å². The van der Waals surface area contributed by atoms with Gasteiger partial charge in [-0.25, -0.2) is 0 Å². The molecule has 0 saturated carbocycles. The fraction of sp³-hybridized carbons (Fsp3) is 1.00. The van der Waals surface area contributed by atoms with Gasteiger partial charge in [-0.3, -0.25) is 0 Å². The molecule has 0 aromatic carbocycles. The minimum Gasteiger partial charge on any atom is -0.382 e. The second-order valence-corrected chi connectivity index (χ2v) is 3.80. The lowest BCUT2D eigenvalue weighted by Gasteiger charge is -2.22. The van der Waals surface area contributed by atoms with E-state index in [9.17, 15) is 0 Å². The Morgan fingerprint density at radius 2 is 2.13 bits per heavy atom. The van der Waals surface area contributed by atoms with Gasteiger partial charge in [-0.1, -0.05) is 0 Å². The predicted octanol–water partition coefficient (Wildman–Crippen LogP) is 0.808. The smallest absolute Gasteiger partial charge is 0.0700 e. The Morgan fingerprint density at radius 1 is 1.20 bits per heavy atom. The molecule has 1 aliphatic heterocycles. The first-order valence-electron chi connectivity index (χ1n) is 5.82. The van der Waals surface area contributed by atoms with E-state index in [0.717, 1.165) is 32.7 Å². The van der Waals surface area contributed by atoms with Crippen molar-refractivity contribution in [3.8, 4) is 0 Å². The zero-order chi connectivity index (χ0) is 10.8. The van der Waals surface area contributed by atoms with Crippen LogP contribution in [0.15, 0.2) is 0 Å². The van der Waals surface area contributed by atoms with E-state index in [2.05, 4.69) is 5.32 Å². The van der Waals surface area contributed by atoms with Crippen LogP contribution < -0.4 is 5.32 Å². The third kappa shape index (κ3) is 6.84. The predicted molar refractivity (Wildman–Crippen MR) is 59.2 cm³/mol. The topological polar surface area (TPSA) is 39.7 Å². The summed E-state index contributed by atoms with van der Waals surface area (Å²) in [6.07, 6.45) is 3.81. The van der Waals surface area contributed by atoms with E-state index in [1.54, 1.807) is 7.11 Å². The number of ether oxygens (including phenoxy) is 3. The van der Waals surface area contributed by atoms with Crippen molar-refractivity contribution in [2.75, 3.05) is 46.6 Å². The molecule has 0 aromatic heterocycles. The van der Waals surface area contributed by atoms with Crippen molar-refractivity contribution in [1.29, 1.82) is 0 Å². The first-order chi connectivity index (χ1) is 7.43. The molecule has 15 heavy (non-hydrogen) atoms. The SMILES string of the molecule is COCCOCCCOC1CCCNC1. The van der Waals surface area contributed by atoms with Crippen molar-refractivity contribution < 1.29 is 14.2 Å². The molecule has 0 radical (unpaired) electrons. The van der Waals surface area contributed by atoms with E-state index in [4.69, 9.17) is 14.2 Å². The van der Waals surface area contributed by atoms with Crippen LogP contribution in [0, 0.1) is 0 Å². The fourth-order valence-corrected chi connectivity index (χ4v) is 1.62. The highest BCUT2D eigenvalue weighted by Crippen LogP contribution is 2.05. The highest BCUT2D eigenvalue weighted by molar-refractivity contribution is 4.68. The van der Waals surface area contributed by atoms with E-state index in [1.807, 2.05) is 0 Å². The lowest BCUT2D eigenvalue weighted by molar-refractivity contribution is 0.0143. The van der Waals surface area contributed by atoms with Crippen molar-refractivity contribution in [2.24, 2.45) is 0 Å². The maximum absolute atomic E-state index is 5.72. The van der Waals surface area contributed by atoms with Crippen LogP contribution in [0.4, 0.5) is 0 Å². The van der Waals surface area contributed by atoms with Crippen molar-refractivity contribution in [2.45, 2.75) is 25.4 Å². The number of rotatable bonds is 8. The van der Waals surface area contributed by atoms with Crippen molar-refractivity contribution >= 4 is 0 Å². The fourth-order valence-electron chi connectivity index (χ4n) is 1.62. The highest BCUT2D eigenvalue weighted by atomic mass is 16.5. The van der Waals surface area contributed by atoms with Crippen LogP contribution in [0.1, 0.15) is 19.3 Å². The second-order valence-electron chi connectivity index (χ2n) is 3.80. The van der Waals surface area contributed by atoms with Gasteiger partial charge in [0.05, 0.1) is 19.3 Å². The lowest BCUT2D eigenvalue weighted by Crippen LogP contribution is -2.35. The summed E-state index contributed by atoms with van der Waals surface area (Å²) in [5, 5.41) is 3.33. The van der Waals surface area contributed by atoms with Crippen molar-refractivity contribution in [3.05, 3.63) is 0 Å². The highest BCUT2D eigenvalue weighted by Gasteiger charge is 2.12. The molecule has 1 saturated heterocycles. The molecule has 1 heterocycles.